The number of methoxy groups -OCH3 is 2. The normalized spacial score (nSPS) is 11.6. The molecule has 0 bridgehead atoms. The minimum Gasteiger partial charge on any atom is -0.497 e. The first kappa shape index (κ1) is 20.3. The van der Waals surface area contributed by atoms with Crippen LogP contribution in [0.1, 0.15) is 6.92 Å². The third-order valence-corrected chi connectivity index (χ3v) is 4.12. The zero-order chi connectivity index (χ0) is 19.8. The number of carbonyl (C=O) groups excluding carboxylic acids is 2. The minimum absolute atomic E-state index is 0.0733. The molecular weight excluding hydrogens is 346 g/mol. The van der Waals surface area contributed by atoms with Crippen molar-refractivity contribution in [2.75, 3.05) is 38.4 Å². The van der Waals surface area contributed by atoms with Gasteiger partial charge in [-0.3, -0.25) is 14.5 Å². The van der Waals surface area contributed by atoms with Crippen LogP contribution in [0.25, 0.3) is 0 Å². The van der Waals surface area contributed by atoms with Crippen LogP contribution in [0.2, 0.25) is 0 Å². The molecule has 0 aliphatic heterocycles. The Kier molecular flexibility index (Phi) is 7.19. The Balaban J connectivity index is 1.90. The van der Waals surface area contributed by atoms with Crippen LogP contribution in [0.3, 0.4) is 0 Å². The maximum atomic E-state index is 12.4. The van der Waals surface area contributed by atoms with Gasteiger partial charge in [-0.15, -0.1) is 0 Å². The molecule has 0 radical (unpaired) electrons. The first-order valence-corrected chi connectivity index (χ1v) is 8.52. The number of rotatable bonds is 8. The van der Waals surface area contributed by atoms with Gasteiger partial charge >= 0.3 is 0 Å². The maximum Gasteiger partial charge on any atom is 0.241 e. The summed E-state index contributed by atoms with van der Waals surface area (Å²) in [5, 5.41) is 5.62. The first-order chi connectivity index (χ1) is 12.9. The number of amides is 2. The summed E-state index contributed by atoms with van der Waals surface area (Å²) in [5.74, 6) is 0.894. The van der Waals surface area contributed by atoms with Gasteiger partial charge in [-0.1, -0.05) is 12.1 Å². The first-order valence-electron chi connectivity index (χ1n) is 8.52. The lowest BCUT2D eigenvalue weighted by atomic mass is 10.2. The summed E-state index contributed by atoms with van der Waals surface area (Å²) in [6, 6.07) is 13.7. The highest BCUT2D eigenvalue weighted by Gasteiger charge is 2.20. The number of nitrogens with zero attached hydrogens (tertiary/aromatic N) is 1. The van der Waals surface area contributed by atoms with Crippen LogP contribution in [0.4, 0.5) is 11.4 Å². The fourth-order valence-electron chi connectivity index (χ4n) is 2.41. The lowest BCUT2D eigenvalue weighted by Crippen LogP contribution is -2.43. The van der Waals surface area contributed by atoms with E-state index in [4.69, 9.17) is 9.47 Å². The van der Waals surface area contributed by atoms with Crippen molar-refractivity contribution in [2.24, 2.45) is 0 Å². The second-order valence-electron chi connectivity index (χ2n) is 6.09. The minimum atomic E-state index is -0.493. The number of anilines is 2. The highest BCUT2D eigenvalue weighted by Crippen LogP contribution is 2.18. The van der Waals surface area contributed by atoms with E-state index in [0.29, 0.717) is 22.9 Å². The number of hydrogen-bond acceptors (Lipinski definition) is 5. The summed E-state index contributed by atoms with van der Waals surface area (Å²) in [5.41, 5.74) is 1.28. The SMILES string of the molecule is COc1cccc(NC(=O)CN(C)[C@@H](C)C(=O)Nc2cccc(OC)c2)c1. The van der Waals surface area contributed by atoms with Gasteiger partial charge in [0.25, 0.3) is 0 Å². The molecule has 2 aromatic carbocycles. The van der Waals surface area contributed by atoms with Crippen molar-refractivity contribution < 1.29 is 19.1 Å². The lowest BCUT2D eigenvalue weighted by molar-refractivity contribution is -0.122. The molecule has 0 fully saturated rings. The fourth-order valence-corrected chi connectivity index (χ4v) is 2.41. The molecule has 0 spiro atoms. The van der Waals surface area contributed by atoms with E-state index in [2.05, 4.69) is 10.6 Å². The average molecular weight is 371 g/mol. The molecule has 2 amide bonds. The summed E-state index contributed by atoms with van der Waals surface area (Å²) in [6.07, 6.45) is 0. The Hall–Kier alpha value is -3.06. The Morgan fingerprint density at radius 2 is 1.48 bits per heavy atom. The summed E-state index contributed by atoms with van der Waals surface area (Å²) < 4.78 is 10.3. The Labute approximate surface area is 159 Å². The Morgan fingerprint density at radius 1 is 0.963 bits per heavy atom. The zero-order valence-electron chi connectivity index (χ0n) is 16.0. The van der Waals surface area contributed by atoms with Crippen molar-refractivity contribution in [1.29, 1.82) is 0 Å². The van der Waals surface area contributed by atoms with E-state index in [1.165, 1.54) is 0 Å². The molecule has 144 valence electrons. The average Bonchev–Trinajstić information content (AvgIpc) is 2.67. The van der Waals surface area contributed by atoms with Crippen molar-refractivity contribution in [3.63, 3.8) is 0 Å². The van der Waals surface area contributed by atoms with E-state index < -0.39 is 6.04 Å². The molecule has 0 saturated heterocycles. The number of hydrogen-bond donors (Lipinski definition) is 2. The van der Waals surface area contributed by atoms with Gasteiger partial charge in [-0.25, -0.2) is 0 Å². The Morgan fingerprint density at radius 3 is 2.00 bits per heavy atom. The van der Waals surface area contributed by atoms with E-state index in [1.807, 2.05) is 0 Å². The van der Waals surface area contributed by atoms with Gasteiger partial charge in [0.15, 0.2) is 0 Å². The third-order valence-electron chi connectivity index (χ3n) is 4.12. The summed E-state index contributed by atoms with van der Waals surface area (Å²) >= 11 is 0. The van der Waals surface area contributed by atoms with E-state index in [0.717, 1.165) is 0 Å². The molecule has 0 unspecified atom stereocenters. The van der Waals surface area contributed by atoms with Gasteiger partial charge in [0.1, 0.15) is 11.5 Å². The molecule has 27 heavy (non-hydrogen) atoms. The van der Waals surface area contributed by atoms with Gasteiger partial charge in [0.2, 0.25) is 11.8 Å². The Bertz CT molecular complexity index is 794. The van der Waals surface area contributed by atoms with Crippen molar-refractivity contribution in [3.8, 4) is 11.5 Å². The molecule has 1 atom stereocenters. The second kappa shape index (κ2) is 9.59. The molecular formula is C20H25N3O4. The third kappa shape index (κ3) is 6.00. The van der Waals surface area contributed by atoms with Crippen LogP contribution in [-0.2, 0) is 9.59 Å². The van der Waals surface area contributed by atoms with Gasteiger partial charge in [0, 0.05) is 23.5 Å². The van der Waals surface area contributed by atoms with Crippen LogP contribution in [0.5, 0.6) is 11.5 Å². The zero-order valence-corrected chi connectivity index (χ0v) is 16.0. The smallest absolute Gasteiger partial charge is 0.241 e. The monoisotopic (exact) mass is 371 g/mol. The van der Waals surface area contributed by atoms with Crippen LogP contribution in [-0.4, -0.2) is 50.6 Å². The topological polar surface area (TPSA) is 79.9 Å². The lowest BCUT2D eigenvalue weighted by Gasteiger charge is -2.23. The van der Waals surface area contributed by atoms with E-state index in [1.54, 1.807) is 81.6 Å². The molecule has 0 aliphatic carbocycles. The number of ether oxygens (including phenoxy) is 2. The molecule has 7 nitrogen and oxygen atoms in total. The van der Waals surface area contributed by atoms with Gasteiger partial charge < -0.3 is 20.1 Å². The summed E-state index contributed by atoms with van der Waals surface area (Å²) in [4.78, 5) is 26.4. The molecule has 0 aliphatic rings. The highest BCUT2D eigenvalue weighted by atomic mass is 16.5. The quantitative estimate of drug-likeness (QED) is 0.746. The highest BCUT2D eigenvalue weighted by molar-refractivity contribution is 5.96. The van der Waals surface area contributed by atoms with E-state index >= 15 is 0 Å². The molecule has 0 heterocycles. The number of nitrogens with one attached hydrogen (secondary N) is 2. The van der Waals surface area contributed by atoms with Crippen LogP contribution in [0, 0.1) is 0 Å². The van der Waals surface area contributed by atoms with Crippen LogP contribution < -0.4 is 20.1 Å². The molecule has 2 rings (SSSR count). The van der Waals surface area contributed by atoms with Gasteiger partial charge in [-0.05, 0) is 38.2 Å². The summed E-state index contributed by atoms with van der Waals surface area (Å²) in [6.45, 7) is 1.82. The second-order valence-corrected chi connectivity index (χ2v) is 6.09. The fraction of sp³-hybridized carbons (Fsp3) is 0.300. The predicted molar refractivity (Wildman–Crippen MR) is 105 cm³/mol. The molecule has 0 saturated carbocycles. The van der Waals surface area contributed by atoms with Gasteiger partial charge in [-0.2, -0.15) is 0 Å². The van der Waals surface area contributed by atoms with Gasteiger partial charge in [0.05, 0.1) is 26.8 Å². The number of likely N-dealkylation sites (N-methyl/N-ethyl adjacent to an activating group) is 1. The largest absolute Gasteiger partial charge is 0.497 e. The van der Waals surface area contributed by atoms with Crippen molar-refractivity contribution in [2.45, 2.75) is 13.0 Å². The number of benzene rings is 2. The summed E-state index contributed by atoms with van der Waals surface area (Å²) in [7, 11) is 4.86. The molecule has 0 aromatic heterocycles. The van der Waals surface area contributed by atoms with E-state index in [9.17, 15) is 9.59 Å². The van der Waals surface area contributed by atoms with Crippen molar-refractivity contribution in [3.05, 3.63) is 48.5 Å². The molecule has 2 aromatic rings. The maximum absolute atomic E-state index is 12.4. The number of carbonyl (C=O) groups is 2. The molecule has 2 N–H and O–H groups in total. The van der Waals surface area contributed by atoms with E-state index in [-0.39, 0.29) is 18.4 Å². The predicted octanol–water partition coefficient (Wildman–Crippen LogP) is 2.60. The van der Waals surface area contributed by atoms with Crippen molar-refractivity contribution >= 4 is 23.2 Å². The standard InChI is InChI=1S/C20H25N3O4/c1-14(20(25)22-16-8-6-10-18(12-16)27-4)23(2)13-19(24)21-15-7-5-9-17(11-15)26-3/h5-12,14H,13H2,1-4H3,(H,21,24)(H,22,25)/t14-/m0/s1. The van der Waals surface area contributed by atoms with Crippen LogP contribution in [0.15, 0.2) is 48.5 Å². The van der Waals surface area contributed by atoms with Crippen molar-refractivity contribution in [1.82, 2.24) is 4.90 Å². The molecule has 7 heteroatoms. The van der Waals surface area contributed by atoms with Crippen LogP contribution >= 0.6 is 0 Å².